The lowest BCUT2D eigenvalue weighted by Gasteiger charge is -2.04. The van der Waals surface area contributed by atoms with Crippen molar-refractivity contribution in [2.75, 3.05) is 6.61 Å². The molecule has 5 rings (SSSR count). The molecule has 0 unspecified atom stereocenters. The first-order valence-corrected chi connectivity index (χ1v) is 9.42. The Kier molecular flexibility index (Phi) is 5.38. The monoisotopic (exact) mass is 399 g/mol. The summed E-state index contributed by atoms with van der Waals surface area (Å²) in [5.41, 5.74) is 10.6. The van der Waals surface area contributed by atoms with Crippen LogP contribution >= 0.6 is 0 Å². The largest absolute Gasteiger partial charge is 0.464 e. The Hall–Kier alpha value is -4.20. The van der Waals surface area contributed by atoms with Gasteiger partial charge < -0.3 is 15.5 Å². The van der Waals surface area contributed by atoms with Gasteiger partial charge in [-0.3, -0.25) is 4.98 Å². The molecule has 5 aromatic rings. The molecule has 0 spiro atoms. The van der Waals surface area contributed by atoms with Crippen LogP contribution in [0.4, 0.5) is 0 Å². The van der Waals surface area contributed by atoms with E-state index in [4.69, 9.17) is 4.74 Å². The molecule has 3 N–H and O–H groups in total. The van der Waals surface area contributed by atoms with Crippen molar-refractivity contribution in [1.29, 1.82) is 0 Å². The van der Waals surface area contributed by atoms with Gasteiger partial charge in [0.05, 0.1) is 18.3 Å². The Morgan fingerprint density at radius 3 is 2.83 bits per heavy atom. The molecule has 0 amide bonds. The number of hydrogen-bond donors (Lipinski definition) is 2. The number of ether oxygens (including phenoxy) is 1. The minimum atomic E-state index is 0.378. The minimum Gasteiger partial charge on any atom is -0.464 e. The van der Waals surface area contributed by atoms with Crippen LogP contribution in [-0.2, 0) is 0 Å². The first-order valence-electron chi connectivity index (χ1n) is 9.42. The second-order valence-electron chi connectivity index (χ2n) is 6.33. The summed E-state index contributed by atoms with van der Waals surface area (Å²) in [6.45, 7) is 5.59. The number of H-pyrrole nitrogens is 1. The highest BCUT2D eigenvalue weighted by atomic mass is 16.5. The average molecular weight is 399 g/mol. The number of nitrogens with one attached hydrogen (secondary N) is 1. The van der Waals surface area contributed by atoms with Crippen LogP contribution in [0.2, 0.25) is 0 Å². The zero-order valence-corrected chi connectivity index (χ0v) is 16.5. The summed E-state index contributed by atoms with van der Waals surface area (Å²) < 4.78 is 7.25. The Morgan fingerprint density at radius 2 is 2.07 bits per heavy atom. The molecule has 5 heterocycles. The number of nitrogens with two attached hydrogens (primary N) is 1. The first-order chi connectivity index (χ1) is 14.7. The summed E-state index contributed by atoms with van der Waals surface area (Å²) in [7, 11) is 0. The van der Waals surface area contributed by atoms with Crippen LogP contribution in [0.3, 0.4) is 0 Å². The molecular formula is C22H21N7O. The molecule has 0 aliphatic rings. The number of pyridine rings is 2. The zero-order valence-electron chi connectivity index (χ0n) is 16.5. The highest BCUT2D eigenvalue weighted by Crippen LogP contribution is 2.31. The fourth-order valence-corrected chi connectivity index (χ4v) is 3.22. The fraction of sp³-hybridized carbons (Fsp3) is 0.0909. The van der Waals surface area contributed by atoms with Crippen LogP contribution in [0.5, 0.6) is 6.01 Å². The van der Waals surface area contributed by atoms with Crippen molar-refractivity contribution in [3.63, 3.8) is 0 Å². The molecule has 0 saturated heterocycles. The number of aromatic nitrogens is 6. The van der Waals surface area contributed by atoms with Gasteiger partial charge in [0, 0.05) is 53.1 Å². The summed E-state index contributed by atoms with van der Waals surface area (Å²) in [6.07, 6.45) is 12.4. The molecule has 8 nitrogen and oxygen atoms in total. The zero-order chi connectivity index (χ0) is 20.9. The van der Waals surface area contributed by atoms with Gasteiger partial charge in [0.1, 0.15) is 5.65 Å². The van der Waals surface area contributed by atoms with Crippen LogP contribution in [-0.4, -0.2) is 36.2 Å². The molecular weight excluding hydrogens is 378 g/mol. The standard InChI is InChI=1S/C20H16N6O.C2H5N/c1-2-27-20-23-11-17-15(10-22-19(17)25-20)13-5-7-26-18(8-13)16(12-24-26)14-4-3-6-21-9-14;1-2-3/h3-12H,2H2,1H3,(H,22,23,25);2H,1,3H2. The van der Waals surface area contributed by atoms with Gasteiger partial charge in [-0.15, -0.1) is 0 Å². The molecule has 5 aromatic heterocycles. The topological polar surface area (TPSA) is 107 Å². The van der Waals surface area contributed by atoms with E-state index in [1.54, 1.807) is 12.4 Å². The van der Waals surface area contributed by atoms with Crippen molar-refractivity contribution in [2.45, 2.75) is 6.92 Å². The fourth-order valence-electron chi connectivity index (χ4n) is 3.22. The molecule has 0 bridgehead atoms. The molecule has 150 valence electrons. The van der Waals surface area contributed by atoms with Gasteiger partial charge in [0.25, 0.3) is 0 Å². The van der Waals surface area contributed by atoms with Crippen LogP contribution in [0.1, 0.15) is 6.92 Å². The number of nitrogens with zero attached hydrogens (tertiary/aromatic N) is 5. The molecule has 0 fully saturated rings. The smallest absolute Gasteiger partial charge is 0.318 e. The Labute approximate surface area is 173 Å². The summed E-state index contributed by atoms with van der Waals surface area (Å²) in [5.74, 6) is 0. The van der Waals surface area contributed by atoms with E-state index in [0.717, 1.165) is 38.8 Å². The highest BCUT2D eigenvalue weighted by molar-refractivity contribution is 5.94. The van der Waals surface area contributed by atoms with Gasteiger partial charge >= 0.3 is 6.01 Å². The normalized spacial score (nSPS) is 10.6. The number of fused-ring (bicyclic) bond motifs is 2. The third-order valence-corrected chi connectivity index (χ3v) is 4.49. The van der Waals surface area contributed by atoms with Crippen LogP contribution in [0.15, 0.2) is 74.2 Å². The first kappa shape index (κ1) is 19.1. The van der Waals surface area contributed by atoms with Crippen LogP contribution in [0.25, 0.3) is 38.8 Å². The lowest BCUT2D eigenvalue weighted by molar-refractivity contribution is 0.314. The Balaban J connectivity index is 0.000000687. The second-order valence-corrected chi connectivity index (χ2v) is 6.33. The van der Waals surface area contributed by atoms with Crippen molar-refractivity contribution >= 4 is 16.6 Å². The molecule has 0 aliphatic heterocycles. The van der Waals surface area contributed by atoms with Crippen molar-refractivity contribution in [3.8, 4) is 28.3 Å². The van der Waals surface area contributed by atoms with E-state index in [0.29, 0.717) is 12.6 Å². The van der Waals surface area contributed by atoms with E-state index in [2.05, 4.69) is 43.4 Å². The maximum absolute atomic E-state index is 5.38. The number of rotatable bonds is 4. The third-order valence-electron chi connectivity index (χ3n) is 4.49. The van der Waals surface area contributed by atoms with E-state index < -0.39 is 0 Å². The maximum Gasteiger partial charge on any atom is 0.318 e. The molecule has 0 aliphatic carbocycles. The lowest BCUT2D eigenvalue weighted by atomic mass is 10.0. The van der Waals surface area contributed by atoms with Crippen molar-refractivity contribution in [2.24, 2.45) is 5.73 Å². The summed E-state index contributed by atoms with van der Waals surface area (Å²) in [4.78, 5) is 16.1. The number of aromatic amines is 1. The molecule has 8 heteroatoms. The predicted octanol–water partition coefficient (Wildman–Crippen LogP) is 3.82. The maximum atomic E-state index is 5.38. The van der Waals surface area contributed by atoms with E-state index in [9.17, 15) is 0 Å². The quantitative estimate of drug-likeness (QED) is 0.476. The number of hydrogen-bond acceptors (Lipinski definition) is 6. The van der Waals surface area contributed by atoms with E-state index in [1.807, 2.05) is 54.4 Å². The van der Waals surface area contributed by atoms with Gasteiger partial charge in [0.15, 0.2) is 0 Å². The van der Waals surface area contributed by atoms with Crippen molar-refractivity contribution in [3.05, 3.63) is 74.2 Å². The van der Waals surface area contributed by atoms with Gasteiger partial charge in [-0.2, -0.15) is 10.1 Å². The van der Waals surface area contributed by atoms with E-state index in [-0.39, 0.29) is 0 Å². The minimum absolute atomic E-state index is 0.378. The predicted molar refractivity (Wildman–Crippen MR) is 117 cm³/mol. The Morgan fingerprint density at radius 1 is 1.20 bits per heavy atom. The average Bonchev–Trinajstić information content (AvgIpc) is 3.38. The summed E-state index contributed by atoms with van der Waals surface area (Å²) >= 11 is 0. The highest BCUT2D eigenvalue weighted by Gasteiger charge is 2.12. The van der Waals surface area contributed by atoms with Crippen LogP contribution in [0, 0.1) is 0 Å². The molecule has 0 atom stereocenters. The lowest BCUT2D eigenvalue weighted by Crippen LogP contribution is -1.96. The SMILES string of the molecule is C=CN.CCOc1ncc2c(-c3ccn4ncc(-c5cccnc5)c4c3)c[nH]c2n1. The summed E-state index contributed by atoms with van der Waals surface area (Å²) in [5, 5.41) is 5.40. The van der Waals surface area contributed by atoms with E-state index in [1.165, 1.54) is 6.20 Å². The second kappa shape index (κ2) is 8.44. The van der Waals surface area contributed by atoms with Gasteiger partial charge in [0.2, 0.25) is 0 Å². The molecule has 30 heavy (non-hydrogen) atoms. The van der Waals surface area contributed by atoms with Crippen molar-refractivity contribution in [1.82, 2.24) is 29.5 Å². The summed E-state index contributed by atoms with van der Waals surface area (Å²) in [6, 6.07) is 8.49. The molecule has 0 aromatic carbocycles. The van der Waals surface area contributed by atoms with Gasteiger partial charge in [-0.1, -0.05) is 12.6 Å². The third kappa shape index (κ3) is 3.58. The van der Waals surface area contributed by atoms with Crippen LogP contribution < -0.4 is 10.5 Å². The van der Waals surface area contributed by atoms with E-state index >= 15 is 0 Å². The van der Waals surface area contributed by atoms with Crippen molar-refractivity contribution < 1.29 is 4.74 Å². The van der Waals surface area contributed by atoms with Gasteiger partial charge in [-0.25, -0.2) is 9.50 Å². The Bertz CT molecular complexity index is 1290. The molecule has 0 radical (unpaired) electrons. The van der Waals surface area contributed by atoms with Gasteiger partial charge in [-0.05, 0) is 36.9 Å². The molecule has 0 saturated carbocycles.